The van der Waals surface area contributed by atoms with Crippen molar-refractivity contribution in [2.24, 2.45) is 5.41 Å². The smallest absolute Gasteiger partial charge is 0.418 e. The van der Waals surface area contributed by atoms with Crippen molar-refractivity contribution in [3.05, 3.63) is 0 Å². The number of likely N-dealkylation sites (tertiary alicyclic amines) is 1. The molecule has 0 aromatic carbocycles. The van der Waals surface area contributed by atoms with Crippen molar-refractivity contribution in [2.75, 3.05) is 19.6 Å². The number of hydroxylamine groups is 2. The Labute approximate surface area is 180 Å². The van der Waals surface area contributed by atoms with Gasteiger partial charge in [-0.1, -0.05) is 0 Å². The summed E-state index contributed by atoms with van der Waals surface area (Å²) in [5, 5.41) is 3.61. The van der Waals surface area contributed by atoms with Crippen LogP contribution in [0.3, 0.4) is 0 Å². The highest BCUT2D eigenvalue weighted by atomic mass is 32.3. The monoisotopic (exact) mass is 460 g/mol. The van der Waals surface area contributed by atoms with Crippen LogP contribution in [0.15, 0.2) is 0 Å². The van der Waals surface area contributed by atoms with Crippen molar-refractivity contribution in [1.82, 2.24) is 20.2 Å². The average molecular weight is 461 g/mol. The van der Waals surface area contributed by atoms with Gasteiger partial charge in [0.05, 0.1) is 6.04 Å². The molecule has 2 bridgehead atoms. The number of rotatable bonds is 4. The summed E-state index contributed by atoms with van der Waals surface area (Å²) in [7, 11) is -4.86. The quantitative estimate of drug-likeness (QED) is 0.577. The first-order valence-electron chi connectivity index (χ1n) is 10.3. The van der Waals surface area contributed by atoms with Gasteiger partial charge in [-0.05, 0) is 51.9 Å². The zero-order valence-electron chi connectivity index (χ0n) is 17.7. The van der Waals surface area contributed by atoms with E-state index in [1.165, 1.54) is 9.80 Å². The van der Waals surface area contributed by atoms with Crippen molar-refractivity contribution in [3.63, 3.8) is 0 Å². The summed E-state index contributed by atoms with van der Waals surface area (Å²) < 4.78 is 41.3. The standard InChI is InChI=1S/C18H28N4O8S/c1-17(2,3)29-16(25)20-7-4-11(9-20)19-14(23)12-8-18(5-6-18)13-10-21(12)15(24)22(13)30-31(26,27)28/h11-13H,4-10H2,1-3H3,(H,19,23)(H,26,27,28)/t11?,12-,13-/m0/s1. The summed E-state index contributed by atoms with van der Waals surface area (Å²) in [5.41, 5.74) is -1.00. The fraction of sp³-hybridized carbons (Fsp3) is 0.833. The Morgan fingerprint density at radius 3 is 2.48 bits per heavy atom. The van der Waals surface area contributed by atoms with Crippen LogP contribution in [-0.4, -0.2) is 89.2 Å². The second-order valence-corrected chi connectivity index (χ2v) is 10.8. The predicted molar refractivity (Wildman–Crippen MR) is 105 cm³/mol. The van der Waals surface area contributed by atoms with Crippen LogP contribution in [-0.2, 0) is 24.2 Å². The third-order valence-electron chi connectivity index (χ3n) is 6.33. The minimum absolute atomic E-state index is 0.154. The highest BCUT2D eigenvalue weighted by Crippen LogP contribution is 2.59. The van der Waals surface area contributed by atoms with Gasteiger partial charge in [-0.15, -0.1) is 4.28 Å². The molecule has 1 unspecified atom stereocenters. The van der Waals surface area contributed by atoms with Gasteiger partial charge in [0.25, 0.3) is 0 Å². The first-order chi connectivity index (χ1) is 14.3. The molecular weight excluding hydrogens is 432 g/mol. The molecule has 13 heteroatoms. The molecule has 4 fully saturated rings. The van der Waals surface area contributed by atoms with Crippen LogP contribution >= 0.6 is 0 Å². The van der Waals surface area contributed by atoms with Crippen molar-refractivity contribution < 1.29 is 36.4 Å². The number of urea groups is 1. The lowest BCUT2D eigenvalue weighted by molar-refractivity contribution is -0.127. The van der Waals surface area contributed by atoms with Crippen LogP contribution in [0.5, 0.6) is 0 Å². The van der Waals surface area contributed by atoms with E-state index in [4.69, 9.17) is 9.29 Å². The van der Waals surface area contributed by atoms with Gasteiger partial charge in [0.2, 0.25) is 5.91 Å². The van der Waals surface area contributed by atoms with E-state index in [2.05, 4.69) is 9.60 Å². The largest absolute Gasteiger partial charge is 0.444 e. The molecular formula is C18H28N4O8S. The van der Waals surface area contributed by atoms with E-state index in [1.807, 2.05) is 0 Å². The number of carbonyl (C=O) groups is 3. The van der Waals surface area contributed by atoms with E-state index < -0.39 is 45.6 Å². The van der Waals surface area contributed by atoms with Crippen LogP contribution in [0.2, 0.25) is 0 Å². The first-order valence-corrected chi connectivity index (χ1v) is 11.7. The summed E-state index contributed by atoms with van der Waals surface area (Å²) in [6.07, 6.45) is 2.00. The molecule has 12 nitrogen and oxygen atoms in total. The highest BCUT2D eigenvalue weighted by molar-refractivity contribution is 7.80. The topological polar surface area (TPSA) is 146 Å². The number of hydrogen-bond acceptors (Lipinski definition) is 7. The first kappa shape index (κ1) is 22.1. The Morgan fingerprint density at radius 2 is 1.90 bits per heavy atom. The summed E-state index contributed by atoms with van der Waals surface area (Å²) in [6, 6.07) is -2.32. The summed E-state index contributed by atoms with van der Waals surface area (Å²) >= 11 is 0. The zero-order valence-corrected chi connectivity index (χ0v) is 18.6. The number of piperidine rings is 1. The molecule has 31 heavy (non-hydrogen) atoms. The Balaban J connectivity index is 1.40. The van der Waals surface area contributed by atoms with E-state index in [9.17, 15) is 22.8 Å². The zero-order chi connectivity index (χ0) is 22.8. The maximum atomic E-state index is 13.0. The van der Waals surface area contributed by atoms with E-state index in [1.54, 1.807) is 20.8 Å². The lowest BCUT2D eigenvalue weighted by atomic mass is 9.85. The molecule has 3 heterocycles. The molecule has 174 valence electrons. The molecule has 3 atom stereocenters. The third kappa shape index (κ3) is 4.44. The van der Waals surface area contributed by atoms with Gasteiger partial charge in [-0.3, -0.25) is 9.35 Å². The van der Waals surface area contributed by atoms with Gasteiger partial charge < -0.3 is 19.9 Å². The van der Waals surface area contributed by atoms with Crippen molar-refractivity contribution >= 4 is 28.4 Å². The van der Waals surface area contributed by atoms with Gasteiger partial charge in [-0.2, -0.15) is 13.5 Å². The van der Waals surface area contributed by atoms with Gasteiger partial charge in [-0.25, -0.2) is 9.59 Å². The van der Waals surface area contributed by atoms with Gasteiger partial charge in [0.15, 0.2) is 0 Å². The second-order valence-electron chi connectivity index (χ2n) is 9.78. The number of nitrogens with zero attached hydrogens (tertiary/aromatic N) is 3. The van der Waals surface area contributed by atoms with Gasteiger partial charge in [0, 0.05) is 25.7 Å². The maximum Gasteiger partial charge on any atom is 0.418 e. The van der Waals surface area contributed by atoms with E-state index >= 15 is 0 Å². The molecule has 3 aliphatic heterocycles. The maximum absolute atomic E-state index is 13.0. The number of carbonyl (C=O) groups excluding carboxylic acids is 3. The normalized spacial score (nSPS) is 29.5. The summed E-state index contributed by atoms with van der Waals surface area (Å²) in [4.78, 5) is 40.8. The molecule has 0 radical (unpaired) electrons. The minimum Gasteiger partial charge on any atom is -0.444 e. The fourth-order valence-corrected chi connectivity index (χ4v) is 5.09. The lowest BCUT2D eigenvalue weighted by Crippen LogP contribution is -2.54. The number of ether oxygens (including phenoxy) is 1. The Morgan fingerprint density at radius 1 is 1.23 bits per heavy atom. The molecule has 4 aliphatic rings. The molecule has 4 rings (SSSR count). The fourth-order valence-electron chi connectivity index (χ4n) is 4.72. The van der Waals surface area contributed by atoms with E-state index in [0.717, 1.165) is 12.8 Å². The molecule has 1 spiro atoms. The van der Waals surface area contributed by atoms with Gasteiger partial charge >= 0.3 is 22.5 Å². The van der Waals surface area contributed by atoms with Gasteiger partial charge in [0.1, 0.15) is 11.6 Å². The number of hydrogen-bond donors (Lipinski definition) is 2. The Bertz CT molecular complexity index is 897. The van der Waals surface area contributed by atoms with Crippen LogP contribution in [0.25, 0.3) is 0 Å². The minimum atomic E-state index is -4.86. The summed E-state index contributed by atoms with van der Waals surface area (Å²) in [6.45, 7) is 6.27. The number of amides is 4. The van der Waals surface area contributed by atoms with Crippen molar-refractivity contribution in [3.8, 4) is 0 Å². The van der Waals surface area contributed by atoms with Crippen LogP contribution in [0.1, 0.15) is 46.5 Å². The summed E-state index contributed by atoms with van der Waals surface area (Å²) in [5.74, 6) is -0.345. The Kier molecular flexibility index (Phi) is 5.13. The molecule has 4 amide bonds. The van der Waals surface area contributed by atoms with Crippen LogP contribution in [0.4, 0.5) is 9.59 Å². The van der Waals surface area contributed by atoms with Crippen LogP contribution < -0.4 is 5.32 Å². The van der Waals surface area contributed by atoms with Crippen LogP contribution in [0, 0.1) is 5.41 Å². The third-order valence-corrected chi connectivity index (χ3v) is 6.67. The molecule has 2 N–H and O–H groups in total. The molecule has 0 aromatic rings. The number of fused-ring (bicyclic) bond motifs is 3. The van der Waals surface area contributed by atoms with E-state index in [-0.39, 0.29) is 18.5 Å². The second kappa shape index (κ2) is 7.20. The van der Waals surface area contributed by atoms with E-state index in [0.29, 0.717) is 31.0 Å². The molecule has 1 saturated carbocycles. The average Bonchev–Trinajstić information content (AvgIpc) is 3.12. The van der Waals surface area contributed by atoms with Crippen molar-refractivity contribution in [1.29, 1.82) is 0 Å². The number of nitrogens with one attached hydrogen (secondary N) is 1. The Hall–Kier alpha value is -2.12. The lowest BCUT2D eigenvalue weighted by Gasteiger charge is -2.36. The predicted octanol–water partition coefficient (Wildman–Crippen LogP) is 0.505. The highest BCUT2D eigenvalue weighted by Gasteiger charge is 2.65. The van der Waals surface area contributed by atoms with Crippen molar-refractivity contribution in [2.45, 2.75) is 70.2 Å². The SMILES string of the molecule is CC(C)(C)OC(=O)N1CCC(NC(=O)[C@@H]2CC3(CC3)[C@@H]3CN2C(=O)N3OS(=O)(=O)O)C1. The molecule has 1 aliphatic carbocycles. The molecule has 0 aromatic heterocycles. The molecule has 3 saturated heterocycles.